The molecule has 0 saturated carbocycles. The second kappa shape index (κ2) is 7.00. The highest BCUT2D eigenvalue weighted by Crippen LogP contribution is 2.29. The highest BCUT2D eigenvalue weighted by molar-refractivity contribution is 8.00. The maximum Gasteiger partial charge on any atom is 0.150 e. The summed E-state index contributed by atoms with van der Waals surface area (Å²) in [5, 5.41) is 3.50. The Hall–Kier alpha value is -0.740. The number of aromatic nitrogens is 1. The summed E-state index contributed by atoms with van der Waals surface area (Å²) in [5.74, 6) is 0. The van der Waals surface area contributed by atoms with E-state index in [9.17, 15) is 0 Å². The molecule has 2 rings (SSSR count). The minimum Gasteiger partial charge on any atom is -0.385 e. The molecule has 2 aromatic rings. The number of unbranched alkanes of at least 4 members (excludes halogenated alkanes) is 3. The monoisotopic (exact) mass is 280 g/mol. The summed E-state index contributed by atoms with van der Waals surface area (Å²) >= 11 is 3.48. The van der Waals surface area contributed by atoms with Gasteiger partial charge in [0.25, 0.3) is 0 Å². The van der Waals surface area contributed by atoms with E-state index in [1.165, 1.54) is 36.1 Å². The molecule has 1 N–H and O–H groups in total. The molecule has 0 fully saturated rings. The quantitative estimate of drug-likeness (QED) is 0.570. The van der Waals surface area contributed by atoms with Gasteiger partial charge >= 0.3 is 0 Å². The molecule has 4 heteroatoms. The predicted molar refractivity (Wildman–Crippen MR) is 84.0 cm³/mol. The topological polar surface area (TPSA) is 24.9 Å². The fourth-order valence-electron chi connectivity index (χ4n) is 1.89. The second-order valence-corrected chi connectivity index (χ2v) is 6.44. The van der Waals surface area contributed by atoms with Crippen LogP contribution < -0.4 is 5.32 Å². The Kier molecular flexibility index (Phi) is 5.32. The fraction of sp³-hybridized carbons (Fsp3) is 0.500. The van der Waals surface area contributed by atoms with Crippen molar-refractivity contribution < 1.29 is 0 Å². The summed E-state index contributed by atoms with van der Waals surface area (Å²) in [4.78, 5) is 4.55. The van der Waals surface area contributed by atoms with Crippen molar-refractivity contribution in [3.05, 3.63) is 18.2 Å². The van der Waals surface area contributed by atoms with Crippen LogP contribution in [-0.4, -0.2) is 17.8 Å². The highest BCUT2D eigenvalue weighted by atomic mass is 32.2. The lowest BCUT2D eigenvalue weighted by atomic mass is 10.2. The first-order valence-corrected chi connectivity index (χ1v) is 8.56. The summed E-state index contributed by atoms with van der Waals surface area (Å²) in [6.45, 7) is 3.31. The van der Waals surface area contributed by atoms with Crippen LogP contribution in [0.4, 0.5) is 5.69 Å². The minimum atomic E-state index is 1.07. The van der Waals surface area contributed by atoms with Crippen LogP contribution in [0.2, 0.25) is 0 Å². The van der Waals surface area contributed by atoms with Gasteiger partial charge in [0, 0.05) is 12.2 Å². The Morgan fingerprint density at radius 2 is 2.17 bits per heavy atom. The molecular formula is C14H20N2S2. The van der Waals surface area contributed by atoms with Crippen LogP contribution in [-0.2, 0) is 0 Å². The molecule has 0 unspecified atom stereocenters. The van der Waals surface area contributed by atoms with Crippen molar-refractivity contribution in [2.75, 3.05) is 18.1 Å². The molecule has 0 bridgehead atoms. The van der Waals surface area contributed by atoms with Gasteiger partial charge in [-0.2, -0.15) is 0 Å². The number of thiazole rings is 1. The zero-order valence-corrected chi connectivity index (χ0v) is 12.7. The molecule has 2 nitrogen and oxygen atoms in total. The molecule has 1 aromatic carbocycles. The van der Waals surface area contributed by atoms with Gasteiger partial charge in [-0.3, -0.25) is 0 Å². The standard InChI is InChI=1S/C14H20N2S2/c1-3-4-5-6-9-15-11-7-8-12-13(10-11)18-14(16-12)17-2/h7-8,10,15H,3-6,9H2,1-2H3. The van der Waals surface area contributed by atoms with E-state index in [1.807, 2.05) is 0 Å². The van der Waals surface area contributed by atoms with E-state index >= 15 is 0 Å². The number of anilines is 1. The third-order valence-corrected chi connectivity index (χ3v) is 4.91. The Bertz CT molecular complexity index is 493. The number of benzene rings is 1. The Morgan fingerprint density at radius 1 is 1.28 bits per heavy atom. The van der Waals surface area contributed by atoms with Gasteiger partial charge in [-0.1, -0.05) is 37.9 Å². The van der Waals surface area contributed by atoms with Crippen LogP contribution in [0.1, 0.15) is 32.6 Å². The van der Waals surface area contributed by atoms with E-state index in [0.717, 1.165) is 16.4 Å². The summed E-state index contributed by atoms with van der Waals surface area (Å²) < 4.78 is 2.42. The molecular weight excluding hydrogens is 260 g/mol. The number of nitrogens with one attached hydrogen (secondary N) is 1. The Morgan fingerprint density at radius 3 is 2.94 bits per heavy atom. The summed E-state index contributed by atoms with van der Waals surface area (Å²) in [7, 11) is 0. The van der Waals surface area contributed by atoms with Crippen LogP contribution in [0.25, 0.3) is 10.2 Å². The van der Waals surface area contributed by atoms with Gasteiger partial charge in [-0.05, 0) is 30.9 Å². The van der Waals surface area contributed by atoms with Crippen LogP contribution in [0.3, 0.4) is 0 Å². The SMILES string of the molecule is CCCCCCNc1ccc2nc(SC)sc2c1. The number of rotatable bonds is 7. The molecule has 1 heterocycles. The average Bonchev–Trinajstić information content (AvgIpc) is 2.80. The molecule has 0 aliphatic rings. The van der Waals surface area contributed by atoms with Crippen molar-refractivity contribution in [3.63, 3.8) is 0 Å². The van der Waals surface area contributed by atoms with Crippen molar-refractivity contribution in [2.24, 2.45) is 0 Å². The molecule has 0 spiro atoms. The van der Waals surface area contributed by atoms with Crippen molar-refractivity contribution in [1.29, 1.82) is 0 Å². The number of nitrogens with zero attached hydrogens (tertiary/aromatic N) is 1. The molecule has 0 radical (unpaired) electrons. The van der Waals surface area contributed by atoms with Crippen LogP contribution in [0.5, 0.6) is 0 Å². The molecule has 18 heavy (non-hydrogen) atoms. The normalized spacial score (nSPS) is 11.0. The van der Waals surface area contributed by atoms with Crippen LogP contribution >= 0.6 is 23.1 Å². The van der Waals surface area contributed by atoms with Gasteiger partial charge in [0.15, 0.2) is 4.34 Å². The molecule has 0 aliphatic carbocycles. The van der Waals surface area contributed by atoms with Gasteiger partial charge < -0.3 is 5.32 Å². The van der Waals surface area contributed by atoms with Crippen molar-refractivity contribution in [1.82, 2.24) is 4.98 Å². The first-order valence-electron chi connectivity index (χ1n) is 6.52. The van der Waals surface area contributed by atoms with Gasteiger partial charge in [-0.15, -0.1) is 11.3 Å². The second-order valence-electron chi connectivity index (χ2n) is 4.35. The van der Waals surface area contributed by atoms with Gasteiger partial charge in [0.1, 0.15) is 0 Å². The van der Waals surface area contributed by atoms with Crippen molar-refractivity contribution in [2.45, 2.75) is 36.9 Å². The lowest BCUT2D eigenvalue weighted by Crippen LogP contribution is -2.00. The largest absolute Gasteiger partial charge is 0.385 e. The smallest absolute Gasteiger partial charge is 0.150 e. The minimum absolute atomic E-state index is 1.07. The van der Waals surface area contributed by atoms with E-state index in [2.05, 4.69) is 41.7 Å². The van der Waals surface area contributed by atoms with Gasteiger partial charge in [0.2, 0.25) is 0 Å². The molecule has 0 saturated heterocycles. The zero-order chi connectivity index (χ0) is 12.8. The lowest BCUT2D eigenvalue weighted by Gasteiger charge is -2.05. The van der Waals surface area contributed by atoms with Crippen molar-refractivity contribution in [3.8, 4) is 0 Å². The summed E-state index contributed by atoms with van der Waals surface area (Å²) in [6, 6.07) is 6.46. The molecule has 0 amide bonds. The summed E-state index contributed by atoms with van der Waals surface area (Å²) in [5.41, 5.74) is 2.33. The third-order valence-electron chi connectivity index (χ3n) is 2.90. The Labute approximate surface area is 117 Å². The molecule has 98 valence electrons. The summed E-state index contributed by atoms with van der Waals surface area (Å²) in [6.07, 6.45) is 7.29. The fourth-order valence-corrected chi connectivity index (χ4v) is 3.41. The van der Waals surface area contributed by atoms with E-state index in [1.54, 1.807) is 23.1 Å². The van der Waals surface area contributed by atoms with E-state index in [0.29, 0.717) is 0 Å². The average molecular weight is 280 g/mol. The first-order chi connectivity index (χ1) is 8.83. The van der Waals surface area contributed by atoms with Gasteiger partial charge in [-0.25, -0.2) is 4.98 Å². The molecule has 0 atom stereocenters. The first kappa shape index (κ1) is 13.7. The highest BCUT2D eigenvalue weighted by Gasteiger charge is 2.03. The molecule has 1 aromatic heterocycles. The number of thioether (sulfide) groups is 1. The lowest BCUT2D eigenvalue weighted by molar-refractivity contribution is 0.685. The van der Waals surface area contributed by atoms with E-state index in [4.69, 9.17) is 0 Å². The van der Waals surface area contributed by atoms with Crippen molar-refractivity contribution >= 4 is 39.0 Å². The third kappa shape index (κ3) is 3.62. The Balaban J connectivity index is 1.93. The van der Waals surface area contributed by atoms with E-state index in [-0.39, 0.29) is 0 Å². The maximum atomic E-state index is 4.55. The van der Waals surface area contributed by atoms with Gasteiger partial charge in [0.05, 0.1) is 10.2 Å². The number of fused-ring (bicyclic) bond motifs is 1. The van der Waals surface area contributed by atoms with Crippen LogP contribution in [0.15, 0.2) is 22.5 Å². The van der Waals surface area contributed by atoms with Crippen LogP contribution in [0, 0.1) is 0 Å². The number of hydrogen-bond acceptors (Lipinski definition) is 4. The van der Waals surface area contributed by atoms with E-state index < -0.39 is 0 Å². The molecule has 0 aliphatic heterocycles. The zero-order valence-electron chi connectivity index (χ0n) is 11.0. The predicted octanol–water partition coefficient (Wildman–Crippen LogP) is 5.01. The maximum absolute atomic E-state index is 4.55. The number of hydrogen-bond donors (Lipinski definition) is 1.